The van der Waals surface area contributed by atoms with Crippen LogP contribution < -0.4 is 0 Å². The Morgan fingerprint density at radius 1 is 1.35 bits per heavy atom. The second-order valence-electron chi connectivity index (χ2n) is 5.74. The lowest BCUT2D eigenvalue weighted by atomic mass is 9.88. The minimum absolute atomic E-state index is 0.169. The Bertz CT molecular complexity index is 396. The Kier molecular flexibility index (Phi) is 4.56. The molecule has 0 saturated carbocycles. The van der Waals surface area contributed by atoms with Crippen molar-refractivity contribution in [2.24, 2.45) is 5.41 Å². The van der Waals surface area contributed by atoms with E-state index >= 15 is 0 Å². The first kappa shape index (κ1) is 14.5. The Balaban J connectivity index is 2.82. The van der Waals surface area contributed by atoms with E-state index in [1.54, 1.807) is 13.0 Å². The van der Waals surface area contributed by atoms with Gasteiger partial charge in [-0.3, -0.25) is 0 Å². The molecule has 0 spiro atoms. The highest BCUT2D eigenvalue weighted by Crippen LogP contribution is 2.32. The number of aliphatic hydroxyl groups excluding tert-OH is 1. The predicted molar refractivity (Wildman–Crippen MR) is 69.8 cm³/mol. The maximum atomic E-state index is 13.2. The van der Waals surface area contributed by atoms with E-state index < -0.39 is 6.10 Å². The number of hydrogen-bond donors (Lipinski definition) is 1. The lowest BCUT2D eigenvalue weighted by Crippen LogP contribution is -2.09. The van der Waals surface area contributed by atoms with Crippen LogP contribution in [0.15, 0.2) is 12.1 Å². The van der Waals surface area contributed by atoms with Crippen molar-refractivity contribution in [1.29, 1.82) is 0 Å². The topological polar surface area (TPSA) is 20.2 Å². The molecule has 1 nitrogen and oxygen atoms in total. The molecule has 0 saturated heterocycles. The van der Waals surface area contributed by atoms with E-state index in [4.69, 9.17) is 11.6 Å². The van der Waals surface area contributed by atoms with Crippen LogP contribution in [0, 0.1) is 18.2 Å². The molecule has 3 heteroatoms. The molecule has 0 aliphatic heterocycles. The Labute approximate surface area is 108 Å². The monoisotopic (exact) mass is 258 g/mol. The first-order chi connectivity index (χ1) is 7.70. The van der Waals surface area contributed by atoms with E-state index in [9.17, 15) is 9.50 Å². The van der Waals surface area contributed by atoms with Gasteiger partial charge >= 0.3 is 0 Å². The number of aryl methyl sites for hydroxylation is 1. The fourth-order valence-corrected chi connectivity index (χ4v) is 1.94. The molecule has 0 radical (unpaired) electrons. The number of hydrogen-bond acceptors (Lipinski definition) is 1. The van der Waals surface area contributed by atoms with E-state index in [1.807, 2.05) is 0 Å². The van der Waals surface area contributed by atoms with E-state index in [-0.39, 0.29) is 11.2 Å². The minimum Gasteiger partial charge on any atom is -0.388 e. The molecule has 0 aliphatic carbocycles. The molecule has 0 heterocycles. The average Bonchev–Trinajstić information content (AvgIpc) is 2.19. The molecule has 1 atom stereocenters. The van der Waals surface area contributed by atoms with Crippen molar-refractivity contribution in [2.45, 2.75) is 46.6 Å². The molecule has 1 aromatic rings. The Morgan fingerprint density at radius 3 is 2.47 bits per heavy atom. The summed E-state index contributed by atoms with van der Waals surface area (Å²) in [5.74, 6) is -0.332. The second kappa shape index (κ2) is 5.36. The third-order valence-corrected chi connectivity index (χ3v) is 3.13. The first-order valence-corrected chi connectivity index (χ1v) is 6.22. The van der Waals surface area contributed by atoms with Gasteiger partial charge in [0.05, 0.1) is 6.10 Å². The van der Waals surface area contributed by atoms with Crippen molar-refractivity contribution >= 4 is 11.6 Å². The minimum atomic E-state index is -0.624. The van der Waals surface area contributed by atoms with Crippen molar-refractivity contribution in [3.63, 3.8) is 0 Å². The molecular formula is C14H20ClFO. The average molecular weight is 259 g/mol. The third-order valence-electron chi connectivity index (χ3n) is 2.80. The first-order valence-electron chi connectivity index (χ1n) is 5.84. The molecule has 1 unspecified atom stereocenters. The van der Waals surface area contributed by atoms with Crippen LogP contribution in [0.1, 0.15) is 50.8 Å². The third kappa shape index (κ3) is 4.29. The zero-order valence-corrected chi connectivity index (χ0v) is 11.6. The summed E-state index contributed by atoms with van der Waals surface area (Å²) in [6.07, 6.45) is 0.899. The van der Waals surface area contributed by atoms with Gasteiger partial charge in [-0.1, -0.05) is 32.4 Å². The van der Waals surface area contributed by atoms with Crippen molar-refractivity contribution in [2.75, 3.05) is 0 Å². The fraction of sp³-hybridized carbons (Fsp3) is 0.571. The standard InChI is InChI=1S/C14H20ClFO/c1-9-7-10(11(15)8-12(9)16)13(17)5-6-14(2,3)4/h7-8,13,17H,5-6H2,1-4H3. The predicted octanol–water partition coefficient (Wildman–Crippen LogP) is 4.65. The molecular weight excluding hydrogens is 239 g/mol. The van der Waals surface area contributed by atoms with E-state index in [1.165, 1.54) is 6.07 Å². The van der Waals surface area contributed by atoms with Crippen LogP contribution in [-0.2, 0) is 0 Å². The van der Waals surface area contributed by atoms with Crippen LogP contribution >= 0.6 is 11.6 Å². The van der Waals surface area contributed by atoms with E-state index in [0.717, 1.165) is 6.42 Å². The molecule has 0 amide bonds. The van der Waals surface area contributed by atoms with E-state index in [2.05, 4.69) is 20.8 Å². The van der Waals surface area contributed by atoms with Gasteiger partial charge in [-0.05, 0) is 48.4 Å². The summed E-state index contributed by atoms with van der Waals surface area (Å²) in [5.41, 5.74) is 1.30. The van der Waals surface area contributed by atoms with Crippen LogP contribution in [0.2, 0.25) is 5.02 Å². The van der Waals surface area contributed by atoms with Gasteiger partial charge < -0.3 is 5.11 Å². The number of benzene rings is 1. The van der Waals surface area contributed by atoms with Crippen molar-refractivity contribution in [3.8, 4) is 0 Å². The highest BCUT2D eigenvalue weighted by Gasteiger charge is 2.17. The normalized spacial score (nSPS) is 13.8. The summed E-state index contributed by atoms with van der Waals surface area (Å²) in [6.45, 7) is 8.04. The zero-order chi connectivity index (χ0) is 13.2. The quantitative estimate of drug-likeness (QED) is 0.837. The van der Waals surface area contributed by atoms with Gasteiger partial charge in [0.2, 0.25) is 0 Å². The summed E-state index contributed by atoms with van der Waals surface area (Å²) < 4.78 is 13.2. The van der Waals surface area contributed by atoms with Gasteiger partial charge in [-0.25, -0.2) is 4.39 Å². The number of aliphatic hydroxyl groups is 1. The molecule has 1 aromatic carbocycles. The van der Waals surface area contributed by atoms with Crippen molar-refractivity contribution < 1.29 is 9.50 Å². The second-order valence-corrected chi connectivity index (χ2v) is 6.15. The summed E-state index contributed by atoms with van der Waals surface area (Å²) in [4.78, 5) is 0. The van der Waals surface area contributed by atoms with Crippen LogP contribution in [0.5, 0.6) is 0 Å². The summed E-state index contributed by atoms with van der Waals surface area (Å²) >= 11 is 5.95. The van der Waals surface area contributed by atoms with Crippen molar-refractivity contribution in [1.82, 2.24) is 0 Å². The van der Waals surface area contributed by atoms with Crippen LogP contribution in [0.3, 0.4) is 0 Å². The van der Waals surface area contributed by atoms with Gasteiger partial charge in [0.1, 0.15) is 5.82 Å². The lowest BCUT2D eigenvalue weighted by molar-refractivity contribution is 0.147. The fourth-order valence-electron chi connectivity index (χ4n) is 1.66. The van der Waals surface area contributed by atoms with Gasteiger partial charge in [0, 0.05) is 5.02 Å². The highest BCUT2D eigenvalue weighted by molar-refractivity contribution is 6.31. The highest BCUT2D eigenvalue weighted by atomic mass is 35.5. The molecule has 17 heavy (non-hydrogen) atoms. The van der Waals surface area contributed by atoms with Gasteiger partial charge in [-0.15, -0.1) is 0 Å². The zero-order valence-electron chi connectivity index (χ0n) is 10.8. The smallest absolute Gasteiger partial charge is 0.127 e. The largest absolute Gasteiger partial charge is 0.388 e. The summed E-state index contributed by atoms with van der Waals surface area (Å²) in [7, 11) is 0. The van der Waals surface area contributed by atoms with Crippen LogP contribution in [0.25, 0.3) is 0 Å². The Morgan fingerprint density at radius 2 is 1.94 bits per heavy atom. The van der Waals surface area contributed by atoms with Crippen LogP contribution in [0.4, 0.5) is 4.39 Å². The number of rotatable bonds is 3. The molecule has 0 aliphatic rings. The SMILES string of the molecule is Cc1cc(C(O)CCC(C)(C)C)c(Cl)cc1F. The van der Waals surface area contributed by atoms with Gasteiger partial charge in [0.25, 0.3) is 0 Å². The molecule has 0 fully saturated rings. The summed E-state index contributed by atoms with van der Waals surface area (Å²) in [5, 5.41) is 10.4. The van der Waals surface area contributed by atoms with Gasteiger partial charge in [-0.2, -0.15) is 0 Å². The van der Waals surface area contributed by atoms with Crippen LogP contribution in [-0.4, -0.2) is 5.11 Å². The Hall–Kier alpha value is -0.600. The molecule has 1 N–H and O–H groups in total. The van der Waals surface area contributed by atoms with Gasteiger partial charge in [0.15, 0.2) is 0 Å². The maximum absolute atomic E-state index is 13.2. The molecule has 1 rings (SSSR count). The maximum Gasteiger partial charge on any atom is 0.127 e. The molecule has 96 valence electrons. The summed E-state index contributed by atoms with van der Waals surface area (Å²) in [6, 6.07) is 2.90. The lowest BCUT2D eigenvalue weighted by Gasteiger charge is -2.21. The molecule has 0 bridgehead atoms. The number of halogens is 2. The molecule has 0 aromatic heterocycles. The van der Waals surface area contributed by atoms with E-state index in [0.29, 0.717) is 22.6 Å². The van der Waals surface area contributed by atoms with Crippen molar-refractivity contribution in [3.05, 3.63) is 34.1 Å².